The van der Waals surface area contributed by atoms with E-state index < -0.39 is 24.0 Å². The third-order valence-electron chi connectivity index (χ3n) is 1.41. The number of carboxylic acid groups (broad SMARTS) is 1. The standard InChI is InChI=1S/C8H5ClO4S/c9-7-2-1-6(14-7)4(10)3-5(11)8(12)13/h1-2H,3H2,(H,12,13). The Morgan fingerprint density at radius 3 is 2.43 bits per heavy atom. The second-order valence-electron chi connectivity index (χ2n) is 2.43. The van der Waals surface area contributed by atoms with Crippen molar-refractivity contribution >= 4 is 40.5 Å². The van der Waals surface area contributed by atoms with Gasteiger partial charge in [0.2, 0.25) is 5.78 Å². The largest absolute Gasteiger partial charge is 0.475 e. The van der Waals surface area contributed by atoms with Crippen molar-refractivity contribution in [1.29, 1.82) is 0 Å². The molecule has 0 bridgehead atoms. The van der Waals surface area contributed by atoms with E-state index in [2.05, 4.69) is 0 Å². The average Bonchev–Trinajstić information content (AvgIpc) is 2.51. The molecule has 4 nitrogen and oxygen atoms in total. The van der Waals surface area contributed by atoms with Gasteiger partial charge in [0.25, 0.3) is 0 Å². The van der Waals surface area contributed by atoms with Gasteiger partial charge in [0.05, 0.1) is 15.6 Å². The van der Waals surface area contributed by atoms with Crippen molar-refractivity contribution in [3.63, 3.8) is 0 Å². The maximum absolute atomic E-state index is 11.2. The van der Waals surface area contributed by atoms with Gasteiger partial charge < -0.3 is 5.11 Å². The molecule has 1 heterocycles. The zero-order valence-electron chi connectivity index (χ0n) is 6.82. The minimum atomic E-state index is -1.60. The Bertz CT molecular complexity index is 396. The summed E-state index contributed by atoms with van der Waals surface area (Å²) < 4.78 is 0.427. The molecule has 0 fully saturated rings. The summed E-state index contributed by atoms with van der Waals surface area (Å²) >= 11 is 6.59. The van der Waals surface area contributed by atoms with E-state index in [0.717, 1.165) is 11.3 Å². The second-order valence-corrected chi connectivity index (χ2v) is 4.15. The van der Waals surface area contributed by atoms with Crippen molar-refractivity contribution in [3.05, 3.63) is 21.3 Å². The first-order chi connectivity index (χ1) is 6.50. The van der Waals surface area contributed by atoms with E-state index >= 15 is 0 Å². The third-order valence-corrected chi connectivity index (χ3v) is 2.68. The molecule has 0 saturated carbocycles. The summed E-state index contributed by atoms with van der Waals surface area (Å²) in [7, 11) is 0. The number of thiophene rings is 1. The number of halogens is 1. The van der Waals surface area contributed by atoms with Crippen LogP contribution in [-0.4, -0.2) is 22.6 Å². The molecule has 0 spiro atoms. The van der Waals surface area contributed by atoms with E-state index in [1.807, 2.05) is 0 Å². The van der Waals surface area contributed by atoms with Gasteiger partial charge in [-0.1, -0.05) is 11.6 Å². The fourth-order valence-corrected chi connectivity index (χ4v) is 1.75. The van der Waals surface area contributed by atoms with Crippen molar-refractivity contribution < 1.29 is 19.5 Å². The summed E-state index contributed by atoms with van der Waals surface area (Å²) in [6, 6.07) is 2.98. The zero-order valence-corrected chi connectivity index (χ0v) is 8.39. The minimum absolute atomic E-state index is 0.296. The average molecular weight is 233 g/mol. The Morgan fingerprint density at radius 2 is 2.00 bits per heavy atom. The molecule has 1 aromatic heterocycles. The first-order valence-corrected chi connectivity index (χ1v) is 4.75. The summed E-state index contributed by atoms with van der Waals surface area (Å²) in [5, 5.41) is 8.26. The fourth-order valence-electron chi connectivity index (χ4n) is 0.773. The van der Waals surface area contributed by atoms with E-state index in [1.54, 1.807) is 0 Å². The molecule has 1 N–H and O–H groups in total. The van der Waals surface area contributed by atoms with E-state index in [-0.39, 0.29) is 0 Å². The van der Waals surface area contributed by atoms with Gasteiger partial charge in [0.15, 0.2) is 5.78 Å². The Labute approximate surface area is 88.1 Å². The molecular formula is C8H5ClO4S. The minimum Gasteiger partial charge on any atom is -0.475 e. The van der Waals surface area contributed by atoms with E-state index in [4.69, 9.17) is 16.7 Å². The second kappa shape index (κ2) is 4.34. The Balaban J connectivity index is 2.68. The van der Waals surface area contributed by atoms with Crippen LogP contribution in [0.3, 0.4) is 0 Å². The molecule has 0 atom stereocenters. The molecular weight excluding hydrogens is 228 g/mol. The first kappa shape index (κ1) is 10.9. The molecule has 74 valence electrons. The number of carbonyl (C=O) groups is 3. The SMILES string of the molecule is O=C(O)C(=O)CC(=O)c1ccc(Cl)s1. The predicted molar refractivity (Wildman–Crippen MR) is 50.9 cm³/mol. The van der Waals surface area contributed by atoms with Gasteiger partial charge in [0.1, 0.15) is 0 Å². The fraction of sp³-hybridized carbons (Fsp3) is 0.125. The number of carboxylic acids is 1. The molecule has 0 amide bonds. The molecule has 0 radical (unpaired) electrons. The van der Waals surface area contributed by atoms with E-state index in [0.29, 0.717) is 9.21 Å². The van der Waals surface area contributed by atoms with Crippen LogP contribution in [0.1, 0.15) is 16.1 Å². The lowest BCUT2D eigenvalue weighted by atomic mass is 10.2. The molecule has 0 aromatic carbocycles. The molecule has 0 aliphatic heterocycles. The van der Waals surface area contributed by atoms with Gasteiger partial charge in [-0.15, -0.1) is 11.3 Å². The molecule has 6 heteroatoms. The molecule has 1 rings (SSSR count). The van der Waals surface area contributed by atoms with Crippen molar-refractivity contribution in [2.75, 3.05) is 0 Å². The highest BCUT2D eigenvalue weighted by Gasteiger charge is 2.18. The van der Waals surface area contributed by atoms with E-state index in [1.165, 1.54) is 12.1 Å². The van der Waals surface area contributed by atoms with Crippen LogP contribution in [-0.2, 0) is 9.59 Å². The van der Waals surface area contributed by atoms with Gasteiger partial charge in [-0.05, 0) is 12.1 Å². The van der Waals surface area contributed by atoms with Crippen molar-refractivity contribution in [2.24, 2.45) is 0 Å². The lowest BCUT2D eigenvalue weighted by Crippen LogP contribution is -2.16. The van der Waals surface area contributed by atoms with Gasteiger partial charge in [-0.2, -0.15) is 0 Å². The lowest BCUT2D eigenvalue weighted by Gasteiger charge is -1.92. The number of rotatable bonds is 4. The van der Waals surface area contributed by atoms with Crippen LogP contribution in [0.4, 0.5) is 0 Å². The summed E-state index contributed by atoms with van der Waals surface area (Å²) in [4.78, 5) is 32.4. The zero-order chi connectivity index (χ0) is 10.7. The molecule has 14 heavy (non-hydrogen) atoms. The van der Waals surface area contributed by atoms with Crippen molar-refractivity contribution in [1.82, 2.24) is 0 Å². The number of hydrogen-bond donors (Lipinski definition) is 1. The maximum atomic E-state index is 11.2. The van der Waals surface area contributed by atoms with Crippen molar-refractivity contribution in [2.45, 2.75) is 6.42 Å². The third kappa shape index (κ3) is 2.65. The van der Waals surface area contributed by atoms with Gasteiger partial charge in [-0.25, -0.2) is 4.79 Å². The smallest absolute Gasteiger partial charge is 0.372 e. The molecule has 0 unspecified atom stereocenters. The summed E-state index contributed by atoms with van der Waals surface area (Å²) in [6.07, 6.45) is -0.619. The Kier molecular flexibility index (Phi) is 3.38. The number of ketones is 2. The highest BCUT2D eigenvalue weighted by atomic mass is 35.5. The molecule has 0 saturated heterocycles. The first-order valence-electron chi connectivity index (χ1n) is 3.55. The quantitative estimate of drug-likeness (QED) is 0.487. The van der Waals surface area contributed by atoms with Gasteiger partial charge >= 0.3 is 5.97 Å². The van der Waals surface area contributed by atoms with E-state index in [9.17, 15) is 14.4 Å². The number of Topliss-reactive ketones (excluding diaryl/α,β-unsaturated/α-hetero) is 2. The molecule has 1 aromatic rings. The summed E-state index contributed by atoms with van der Waals surface area (Å²) in [6.45, 7) is 0. The summed E-state index contributed by atoms with van der Waals surface area (Å²) in [5.41, 5.74) is 0. The van der Waals surface area contributed by atoms with Gasteiger partial charge in [-0.3, -0.25) is 9.59 Å². The van der Waals surface area contributed by atoms with Crippen LogP contribution in [0.25, 0.3) is 0 Å². The van der Waals surface area contributed by atoms with Crippen LogP contribution in [0.15, 0.2) is 12.1 Å². The molecule has 0 aliphatic rings. The normalized spacial score (nSPS) is 9.79. The Hall–Kier alpha value is -1.20. The molecule has 0 aliphatic carbocycles. The number of hydrogen-bond acceptors (Lipinski definition) is 4. The number of aliphatic carboxylic acids is 1. The van der Waals surface area contributed by atoms with Crippen LogP contribution in [0.2, 0.25) is 4.34 Å². The van der Waals surface area contributed by atoms with Crippen LogP contribution < -0.4 is 0 Å². The topological polar surface area (TPSA) is 71.4 Å². The lowest BCUT2D eigenvalue weighted by molar-refractivity contribution is -0.148. The number of carbonyl (C=O) groups excluding carboxylic acids is 2. The predicted octanol–water partition coefficient (Wildman–Crippen LogP) is 1.63. The maximum Gasteiger partial charge on any atom is 0.372 e. The summed E-state index contributed by atoms with van der Waals surface area (Å²) in [5.74, 6) is -3.23. The highest BCUT2D eigenvalue weighted by molar-refractivity contribution is 7.18. The Morgan fingerprint density at radius 1 is 1.36 bits per heavy atom. The van der Waals surface area contributed by atoms with Crippen LogP contribution in [0.5, 0.6) is 0 Å². The van der Waals surface area contributed by atoms with Crippen LogP contribution >= 0.6 is 22.9 Å². The monoisotopic (exact) mass is 232 g/mol. The van der Waals surface area contributed by atoms with Crippen molar-refractivity contribution in [3.8, 4) is 0 Å². The highest BCUT2D eigenvalue weighted by Crippen LogP contribution is 2.22. The van der Waals surface area contributed by atoms with Crippen LogP contribution in [0, 0.1) is 0 Å². The van der Waals surface area contributed by atoms with Gasteiger partial charge in [0, 0.05) is 0 Å².